The van der Waals surface area contributed by atoms with Gasteiger partial charge in [0.2, 0.25) is 0 Å². The largest absolute Gasteiger partial charge is 0.0725 e. The molecule has 5 spiro atoms. The zero-order chi connectivity index (χ0) is 81.1. The van der Waals surface area contributed by atoms with Gasteiger partial charge in [-0.1, -0.05) is 437 Å². The van der Waals surface area contributed by atoms with Gasteiger partial charge >= 0.3 is 0 Å². The van der Waals surface area contributed by atoms with Crippen LogP contribution in [-0.4, -0.2) is 0 Å². The van der Waals surface area contributed by atoms with E-state index in [1.54, 1.807) is 0 Å². The first-order chi connectivity index (χ1) is 62.1. The highest BCUT2D eigenvalue weighted by Crippen LogP contribution is 2.74. The average Bonchev–Trinajstić information content (AvgIpc) is 1.50. The Morgan fingerprint density at radius 3 is 0.296 bits per heavy atom. The summed E-state index contributed by atoms with van der Waals surface area (Å²) in [6.07, 6.45) is 0. The van der Waals surface area contributed by atoms with Gasteiger partial charge in [0, 0.05) is 0 Å². The smallest absolute Gasteiger partial charge is 0.0619 e. The maximum Gasteiger partial charge on any atom is 0.0725 e. The van der Waals surface area contributed by atoms with Gasteiger partial charge in [0.25, 0.3) is 0 Å². The molecule has 10 aliphatic rings. The Hall–Kier alpha value is -15.6. The average molecular weight is 1570 g/mol. The SMILES string of the molecule is c1ccc2c(c1)-c1ccccc1C21c2ccccc2-c2c(-c3cccc4c3-c3ccccc3C43c4ccccc4-c4c(-c5cccc6c5-c5ccccc5C65c6ccccc6-c6c(-c7cccc8c7-c7ccccc7C87c8ccccc8-c8c(-c9cccc%10c9-c9ccccc9C%109c%10ccccc%10-c%10ccccc%109)cccc87)cccc65)cccc43)cccc21. The molecule has 0 heteroatoms. The van der Waals surface area contributed by atoms with E-state index in [-0.39, 0.29) is 0 Å². The second-order valence-electron chi connectivity index (χ2n) is 36.1. The summed E-state index contributed by atoms with van der Waals surface area (Å²) in [6, 6.07) is 170. The van der Waals surface area contributed by atoms with Crippen LogP contribution in [0.2, 0.25) is 0 Å². The highest BCUT2D eigenvalue weighted by Gasteiger charge is 2.60. The maximum absolute atomic E-state index is 2.49. The van der Waals surface area contributed by atoms with Crippen molar-refractivity contribution in [3.63, 3.8) is 0 Å². The van der Waals surface area contributed by atoms with Gasteiger partial charge in [-0.2, -0.15) is 0 Å². The molecule has 0 aromatic heterocycles. The van der Waals surface area contributed by atoms with E-state index in [1.165, 1.54) is 267 Å². The molecule has 0 saturated carbocycles. The molecule has 0 amide bonds. The summed E-state index contributed by atoms with van der Waals surface area (Å²) in [5.41, 5.74) is 60.0. The molecule has 0 N–H and O–H groups in total. The Labute approximate surface area is 725 Å². The van der Waals surface area contributed by atoms with Crippen molar-refractivity contribution >= 4 is 0 Å². The Bertz CT molecular complexity index is 7810. The molecule has 20 aromatic rings. The highest BCUT2D eigenvalue weighted by molar-refractivity contribution is 6.13. The van der Waals surface area contributed by atoms with E-state index in [1.807, 2.05) is 0 Å². The van der Waals surface area contributed by atoms with Gasteiger partial charge in [-0.05, 0) is 267 Å². The van der Waals surface area contributed by atoms with Gasteiger partial charge < -0.3 is 0 Å². The lowest BCUT2D eigenvalue weighted by atomic mass is 9.69. The normalized spacial score (nSPS) is 17.7. The number of hydrogen-bond acceptors (Lipinski definition) is 0. The van der Waals surface area contributed by atoms with Crippen LogP contribution in [0.5, 0.6) is 0 Å². The number of rotatable bonds is 4. The van der Waals surface area contributed by atoms with Gasteiger partial charge in [0.15, 0.2) is 0 Å². The molecule has 0 nitrogen and oxygen atoms in total. The second-order valence-corrected chi connectivity index (χ2v) is 36.1. The van der Waals surface area contributed by atoms with Gasteiger partial charge in [0.1, 0.15) is 0 Å². The Morgan fingerprint density at radius 2 is 0.160 bits per heavy atom. The van der Waals surface area contributed by atoms with Gasteiger partial charge in [-0.15, -0.1) is 0 Å². The third-order valence-electron chi connectivity index (χ3n) is 31.6. The van der Waals surface area contributed by atoms with Gasteiger partial charge in [-0.3, -0.25) is 0 Å². The molecule has 0 radical (unpaired) electrons. The highest BCUT2D eigenvalue weighted by atomic mass is 14.6. The Kier molecular flexibility index (Phi) is 12.6. The first-order valence-electron chi connectivity index (χ1n) is 44.4. The fourth-order valence-corrected chi connectivity index (χ4v) is 27.8. The van der Waals surface area contributed by atoms with Crippen LogP contribution < -0.4 is 0 Å². The van der Waals surface area contributed by atoms with Crippen LogP contribution in [0.15, 0.2) is 437 Å². The molecule has 125 heavy (non-hydrogen) atoms. The molecule has 20 aromatic carbocycles. The third kappa shape index (κ3) is 7.50. The van der Waals surface area contributed by atoms with Crippen molar-refractivity contribution in [3.05, 3.63) is 548 Å². The van der Waals surface area contributed by atoms with Crippen molar-refractivity contribution < 1.29 is 0 Å². The van der Waals surface area contributed by atoms with E-state index in [9.17, 15) is 0 Å². The predicted octanol–water partition coefficient (Wildman–Crippen LogP) is 30.1. The zero-order valence-corrected chi connectivity index (χ0v) is 68.1. The summed E-state index contributed by atoms with van der Waals surface area (Å²) in [6.45, 7) is 0. The van der Waals surface area contributed by atoms with Crippen molar-refractivity contribution in [1.29, 1.82) is 0 Å². The van der Waals surface area contributed by atoms with Crippen molar-refractivity contribution in [2.75, 3.05) is 0 Å². The summed E-state index contributed by atoms with van der Waals surface area (Å²) in [4.78, 5) is 0. The van der Waals surface area contributed by atoms with Gasteiger partial charge in [0.05, 0.1) is 27.1 Å². The van der Waals surface area contributed by atoms with E-state index in [0.717, 1.165) is 0 Å². The molecule has 0 fully saturated rings. The first-order valence-corrected chi connectivity index (χ1v) is 44.4. The van der Waals surface area contributed by atoms with E-state index in [0.29, 0.717) is 0 Å². The van der Waals surface area contributed by atoms with Gasteiger partial charge in [-0.25, -0.2) is 0 Å². The topological polar surface area (TPSA) is 0 Å². The van der Waals surface area contributed by atoms with Crippen LogP contribution in [0, 0.1) is 0 Å². The maximum atomic E-state index is 2.49. The van der Waals surface area contributed by atoms with Crippen LogP contribution in [0.1, 0.15) is 111 Å². The molecule has 572 valence electrons. The second kappa shape index (κ2) is 23.6. The molecular weight excluding hydrogens is 1500 g/mol. The summed E-state index contributed by atoms with van der Waals surface area (Å²) in [5, 5.41) is 0. The van der Waals surface area contributed by atoms with Crippen LogP contribution in [0.3, 0.4) is 0 Å². The fraction of sp³-hybridized carbons (Fsp3) is 0.0400. The molecule has 2 atom stereocenters. The van der Waals surface area contributed by atoms with Crippen LogP contribution >= 0.6 is 0 Å². The van der Waals surface area contributed by atoms with Crippen molar-refractivity contribution in [2.45, 2.75) is 27.1 Å². The minimum absolute atomic E-state index is 0.466. The van der Waals surface area contributed by atoms with Crippen molar-refractivity contribution in [3.8, 4) is 156 Å². The molecule has 10 aliphatic carbocycles. The minimum atomic E-state index is -0.665. The van der Waals surface area contributed by atoms with Crippen LogP contribution in [0.4, 0.5) is 0 Å². The van der Waals surface area contributed by atoms with Crippen LogP contribution in [-0.2, 0) is 27.1 Å². The Balaban J connectivity index is 0.595. The van der Waals surface area contributed by atoms with E-state index in [2.05, 4.69) is 437 Å². The monoisotopic (exact) mass is 1570 g/mol. The first kappa shape index (κ1) is 67.1. The lowest BCUT2D eigenvalue weighted by molar-refractivity contribution is 0.793. The third-order valence-corrected chi connectivity index (χ3v) is 31.6. The number of fused-ring (bicyclic) bond motifs is 50. The molecule has 0 saturated heterocycles. The van der Waals surface area contributed by atoms with Crippen molar-refractivity contribution in [1.82, 2.24) is 0 Å². The summed E-state index contributed by atoms with van der Waals surface area (Å²) < 4.78 is 0. The molecule has 0 heterocycles. The quantitative estimate of drug-likeness (QED) is 0.165. The van der Waals surface area contributed by atoms with E-state index >= 15 is 0 Å². The Morgan fingerprint density at radius 1 is 0.0720 bits per heavy atom. The number of hydrogen-bond donors (Lipinski definition) is 0. The van der Waals surface area contributed by atoms with Crippen LogP contribution in [0.25, 0.3) is 156 Å². The predicted molar refractivity (Wildman–Crippen MR) is 510 cm³/mol. The zero-order valence-electron chi connectivity index (χ0n) is 68.1. The molecule has 0 bridgehead atoms. The van der Waals surface area contributed by atoms with E-state index in [4.69, 9.17) is 0 Å². The van der Waals surface area contributed by atoms with Crippen molar-refractivity contribution in [2.24, 2.45) is 0 Å². The molecule has 2 unspecified atom stereocenters. The summed E-state index contributed by atoms with van der Waals surface area (Å²) >= 11 is 0. The number of benzene rings is 20. The summed E-state index contributed by atoms with van der Waals surface area (Å²) in [5.74, 6) is 0. The molecule has 30 rings (SSSR count). The summed E-state index contributed by atoms with van der Waals surface area (Å²) in [7, 11) is 0. The standard InChI is InChI=1S/C125H72/c1-13-53-93-73(33-1)74-34-2-14-54-94(74)121(93)97-57-17-5-37-85(97)113-77(45-25-65-105(113)121)79-47-27-67-107-115(79)87-39-7-19-59-99(87)123(107)101-61-21-9-41-89(101)117-81(49-29-69-109(117)123)83-51-31-71-111-119(83)91-43-11-23-63-103(91)125(111)104-64-24-12-44-92(104)120-84(52-32-72-112(120)125)82-50-30-70-110-118(82)90-42-10-22-62-102(90)124(110)100-60-20-8-40-88(100)116-80(48-28-68-108(116)124)78-46-26-66-106-114(78)86-38-6-18-58-98(86)122(106)95-55-15-3-35-75(95)76-36-4-16-56-96(76)122/h1-72H. The lowest BCUT2D eigenvalue weighted by Gasteiger charge is -2.31. The minimum Gasteiger partial charge on any atom is -0.0619 e. The molecule has 0 aliphatic heterocycles. The van der Waals surface area contributed by atoms with E-state index < -0.39 is 27.1 Å². The molecular formula is C125H72. The lowest BCUT2D eigenvalue weighted by Crippen LogP contribution is -2.26. The fourth-order valence-electron chi connectivity index (χ4n) is 27.8.